The number of thioether (sulfide) groups is 1. The topological polar surface area (TPSA) is 32.3 Å². The van der Waals surface area contributed by atoms with Gasteiger partial charge in [0.2, 0.25) is 5.91 Å². The first-order valence-electron chi connectivity index (χ1n) is 8.73. The molecule has 1 N–H and O–H groups in total. The van der Waals surface area contributed by atoms with Crippen molar-refractivity contribution in [3.63, 3.8) is 0 Å². The van der Waals surface area contributed by atoms with Crippen molar-refractivity contribution in [2.45, 2.75) is 55.7 Å². The van der Waals surface area contributed by atoms with E-state index in [-0.39, 0.29) is 16.7 Å². The maximum absolute atomic E-state index is 12.6. The molecule has 0 aliphatic carbocycles. The number of nitrogens with zero attached hydrogens (tertiary/aromatic N) is 1. The van der Waals surface area contributed by atoms with Gasteiger partial charge in [0, 0.05) is 23.5 Å². The van der Waals surface area contributed by atoms with Crippen LogP contribution in [0.15, 0.2) is 29.2 Å². The number of hydrogen-bond donors (Lipinski definition) is 1. The van der Waals surface area contributed by atoms with E-state index in [2.05, 4.69) is 49.2 Å². The molecule has 1 aromatic carbocycles. The molecule has 2 heterocycles. The molecule has 126 valence electrons. The number of benzene rings is 1. The number of amides is 1. The third-order valence-electron chi connectivity index (χ3n) is 5.15. The SMILES string of the molecule is CC1CCCN(C(C)(C)CNC(=O)C2Cc3ccccc3S2)C1. The molecule has 0 radical (unpaired) electrons. The number of carbonyl (C=O) groups is 1. The molecule has 0 saturated carbocycles. The van der Waals surface area contributed by atoms with Crippen molar-refractivity contribution in [1.82, 2.24) is 10.2 Å². The molecule has 1 aromatic rings. The standard InChI is InChI=1S/C19H28N2OS/c1-14-7-6-10-21(12-14)19(2,3)13-20-18(22)17-11-15-8-4-5-9-16(15)23-17/h4-5,8-9,14,17H,6-7,10-13H2,1-3H3,(H,20,22). The van der Waals surface area contributed by atoms with Gasteiger partial charge in [0.25, 0.3) is 0 Å². The number of nitrogens with one attached hydrogen (secondary N) is 1. The Morgan fingerprint density at radius 2 is 2.17 bits per heavy atom. The van der Waals surface area contributed by atoms with E-state index >= 15 is 0 Å². The predicted molar refractivity (Wildman–Crippen MR) is 96.9 cm³/mol. The minimum atomic E-state index is 0.0282. The van der Waals surface area contributed by atoms with Crippen molar-refractivity contribution in [1.29, 1.82) is 0 Å². The maximum atomic E-state index is 12.6. The Morgan fingerprint density at radius 1 is 1.39 bits per heavy atom. The summed E-state index contributed by atoms with van der Waals surface area (Å²) in [6.07, 6.45) is 3.45. The lowest BCUT2D eigenvalue weighted by Gasteiger charge is -2.43. The number of piperidine rings is 1. The number of carbonyl (C=O) groups excluding carboxylic acids is 1. The van der Waals surface area contributed by atoms with Crippen LogP contribution < -0.4 is 5.32 Å². The van der Waals surface area contributed by atoms with Gasteiger partial charge in [-0.05, 0) is 57.2 Å². The summed E-state index contributed by atoms with van der Waals surface area (Å²) in [5, 5.41) is 3.24. The van der Waals surface area contributed by atoms with Gasteiger partial charge in [-0.3, -0.25) is 9.69 Å². The van der Waals surface area contributed by atoms with Gasteiger partial charge in [0.05, 0.1) is 5.25 Å². The fourth-order valence-corrected chi connectivity index (χ4v) is 4.82. The summed E-state index contributed by atoms with van der Waals surface area (Å²) < 4.78 is 0. The summed E-state index contributed by atoms with van der Waals surface area (Å²) >= 11 is 1.71. The molecule has 0 bridgehead atoms. The minimum absolute atomic E-state index is 0.0282. The Hall–Kier alpha value is -1.00. The molecule has 2 aliphatic rings. The van der Waals surface area contributed by atoms with Crippen molar-refractivity contribution in [2.75, 3.05) is 19.6 Å². The summed E-state index contributed by atoms with van der Waals surface area (Å²) in [5.41, 5.74) is 1.34. The predicted octanol–water partition coefficient (Wildman–Crippen LogP) is 3.33. The molecule has 1 saturated heterocycles. The molecule has 1 fully saturated rings. The van der Waals surface area contributed by atoms with Gasteiger partial charge in [-0.15, -0.1) is 11.8 Å². The third kappa shape index (κ3) is 3.92. The van der Waals surface area contributed by atoms with Gasteiger partial charge in [0.15, 0.2) is 0 Å². The highest BCUT2D eigenvalue weighted by Gasteiger charge is 2.33. The van der Waals surface area contributed by atoms with Crippen LogP contribution in [0.25, 0.3) is 0 Å². The fourth-order valence-electron chi connectivity index (χ4n) is 3.60. The van der Waals surface area contributed by atoms with Crippen LogP contribution in [0.1, 0.15) is 39.2 Å². The average Bonchev–Trinajstić information content (AvgIpc) is 2.97. The van der Waals surface area contributed by atoms with Crippen LogP contribution in [0.5, 0.6) is 0 Å². The number of fused-ring (bicyclic) bond motifs is 1. The summed E-state index contributed by atoms with van der Waals surface area (Å²) in [6.45, 7) is 9.85. The Balaban J connectivity index is 1.53. The van der Waals surface area contributed by atoms with E-state index < -0.39 is 0 Å². The van der Waals surface area contributed by atoms with Crippen molar-refractivity contribution in [3.8, 4) is 0 Å². The smallest absolute Gasteiger partial charge is 0.233 e. The molecule has 2 aliphatic heterocycles. The van der Waals surface area contributed by atoms with E-state index in [1.807, 2.05) is 6.07 Å². The summed E-state index contributed by atoms with van der Waals surface area (Å²) in [5.74, 6) is 0.947. The molecule has 0 spiro atoms. The zero-order valence-corrected chi connectivity index (χ0v) is 15.3. The lowest BCUT2D eigenvalue weighted by Crippen LogP contribution is -2.55. The van der Waals surface area contributed by atoms with Crippen LogP contribution in [-0.4, -0.2) is 41.2 Å². The van der Waals surface area contributed by atoms with Crippen LogP contribution in [0.2, 0.25) is 0 Å². The monoisotopic (exact) mass is 332 g/mol. The lowest BCUT2D eigenvalue weighted by atomic mass is 9.93. The highest BCUT2D eigenvalue weighted by molar-refractivity contribution is 8.01. The van der Waals surface area contributed by atoms with Crippen molar-refractivity contribution in [2.24, 2.45) is 5.92 Å². The molecule has 1 amide bonds. The van der Waals surface area contributed by atoms with Gasteiger partial charge in [-0.25, -0.2) is 0 Å². The van der Waals surface area contributed by atoms with E-state index in [0.717, 1.165) is 32.0 Å². The van der Waals surface area contributed by atoms with Gasteiger partial charge >= 0.3 is 0 Å². The van der Waals surface area contributed by atoms with Gasteiger partial charge in [-0.1, -0.05) is 25.1 Å². The van der Waals surface area contributed by atoms with E-state index in [1.54, 1.807) is 11.8 Å². The van der Waals surface area contributed by atoms with Crippen molar-refractivity contribution >= 4 is 17.7 Å². The largest absolute Gasteiger partial charge is 0.353 e. The first kappa shape index (κ1) is 16.8. The van der Waals surface area contributed by atoms with E-state index in [4.69, 9.17) is 0 Å². The minimum Gasteiger partial charge on any atom is -0.353 e. The third-order valence-corrected chi connectivity index (χ3v) is 6.47. The average molecular weight is 333 g/mol. The summed E-state index contributed by atoms with van der Waals surface area (Å²) in [6, 6.07) is 8.36. The number of hydrogen-bond acceptors (Lipinski definition) is 3. The van der Waals surface area contributed by atoms with E-state index in [0.29, 0.717) is 0 Å². The Morgan fingerprint density at radius 3 is 2.91 bits per heavy atom. The second-order valence-corrected chi connectivity index (χ2v) is 8.89. The zero-order valence-electron chi connectivity index (χ0n) is 14.5. The molecule has 3 rings (SSSR count). The highest BCUT2D eigenvalue weighted by atomic mass is 32.2. The molecular weight excluding hydrogens is 304 g/mol. The van der Waals surface area contributed by atoms with Gasteiger partial charge in [-0.2, -0.15) is 0 Å². The summed E-state index contributed by atoms with van der Waals surface area (Å²) in [7, 11) is 0. The lowest BCUT2D eigenvalue weighted by molar-refractivity contribution is -0.121. The highest BCUT2D eigenvalue weighted by Crippen LogP contribution is 2.36. The molecule has 0 aromatic heterocycles. The van der Waals surface area contributed by atoms with E-state index in [1.165, 1.54) is 23.3 Å². The molecule has 2 unspecified atom stereocenters. The quantitative estimate of drug-likeness (QED) is 0.918. The normalized spacial score (nSPS) is 25.2. The zero-order chi connectivity index (χ0) is 16.4. The first-order chi connectivity index (χ1) is 11.0. The van der Waals surface area contributed by atoms with Crippen LogP contribution >= 0.6 is 11.8 Å². The second-order valence-electron chi connectivity index (χ2n) is 7.64. The molecular formula is C19H28N2OS. The number of likely N-dealkylation sites (tertiary alicyclic amines) is 1. The Bertz CT molecular complexity index is 547. The van der Waals surface area contributed by atoms with Crippen LogP contribution in [0, 0.1) is 5.92 Å². The van der Waals surface area contributed by atoms with Crippen LogP contribution in [0.4, 0.5) is 0 Å². The first-order valence-corrected chi connectivity index (χ1v) is 9.61. The second kappa shape index (κ2) is 6.86. The molecule has 23 heavy (non-hydrogen) atoms. The van der Waals surface area contributed by atoms with Gasteiger partial charge in [0.1, 0.15) is 0 Å². The van der Waals surface area contributed by atoms with Gasteiger partial charge < -0.3 is 5.32 Å². The fraction of sp³-hybridized carbons (Fsp3) is 0.632. The Labute approximate surface area is 144 Å². The number of rotatable bonds is 4. The van der Waals surface area contributed by atoms with Crippen LogP contribution in [0.3, 0.4) is 0 Å². The summed E-state index contributed by atoms with van der Waals surface area (Å²) in [4.78, 5) is 16.4. The molecule has 4 heteroatoms. The Kier molecular flexibility index (Phi) is 5.02. The van der Waals surface area contributed by atoms with Crippen molar-refractivity contribution < 1.29 is 4.79 Å². The van der Waals surface area contributed by atoms with E-state index in [9.17, 15) is 4.79 Å². The van der Waals surface area contributed by atoms with Crippen LogP contribution in [-0.2, 0) is 11.2 Å². The maximum Gasteiger partial charge on any atom is 0.233 e. The molecule has 3 nitrogen and oxygen atoms in total. The van der Waals surface area contributed by atoms with Crippen molar-refractivity contribution in [3.05, 3.63) is 29.8 Å². The molecule has 2 atom stereocenters.